The summed E-state index contributed by atoms with van der Waals surface area (Å²) in [6.45, 7) is 2.03. The minimum Gasteiger partial charge on any atom is -0.338 e. The molecule has 0 bridgehead atoms. The van der Waals surface area contributed by atoms with Crippen LogP contribution in [0.25, 0.3) is 11.5 Å². The predicted molar refractivity (Wildman–Crippen MR) is 110 cm³/mol. The van der Waals surface area contributed by atoms with E-state index in [0.29, 0.717) is 37.7 Å². The van der Waals surface area contributed by atoms with E-state index in [1.165, 1.54) is 23.1 Å². The summed E-state index contributed by atoms with van der Waals surface area (Å²) in [4.78, 5) is 32.0. The van der Waals surface area contributed by atoms with Crippen molar-refractivity contribution in [1.82, 2.24) is 20.4 Å². The van der Waals surface area contributed by atoms with Crippen LogP contribution in [-0.2, 0) is 11.3 Å². The minimum atomic E-state index is -0.522. The summed E-state index contributed by atoms with van der Waals surface area (Å²) in [5.41, 5.74) is 1.73. The van der Waals surface area contributed by atoms with E-state index in [0.717, 1.165) is 5.56 Å². The van der Waals surface area contributed by atoms with Gasteiger partial charge in [-0.3, -0.25) is 9.69 Å². The van der Waals surface area contributed by atoms with Crippen molar-refractivity contribution in [3.8, 4) is 11.5 Å². The Morgan fingerprint density at radius 3 is 2.77 bits per heavy atom. The van der Waals surface area contributed by atoms with Gasteiger partial charge in [0.05, 0.1) is 5.56 Å². The third-order valence-corrected chi connectivity index (χ3v) is 5.59. The van der Waals surface area contributed by atoms with E-state index in [2.05, 4.69) is 15.5 Å². The molecule has 1 atom stereocenters. The lowest BCUT2D eigenvalue weighted by atomic mass is 10.1. The molecule has 0 radical (unpaired) electrons. The third kappa shape index (κ3) is 3.74. The maximum atomic E-state index is 14.5. The van der Waals surface area contributed by atoms with Crippen molar-refractivity contribution in [2.75, 3.05) is 24.5 Å². The van der Waals surface area contributed by atoms with Gasteiger partial charge in [0.2, 0.25) is 5.91 Å². The molecule has 31 heavy (non-hydrogen) atoms. The van der Waals surface area contributed by atoms with E-state index >= 15 is 0 Å². The van der Waals surface area contributed by atoms with Crippen LogP contribution in [0.3, 0.4) is 0 Å². The van der Waals surface area contributed by atoms with Crippen LogP contribution in [0.5, 0.6) is 0 Å². The van der Waals surface area contributed by atoms with E-state index in [-0.39, 0.29) is 35.7 Å². The number of hydrogen-bond acceptors (Lipinski definition) is 5. The second-order valence-corrected chi connectivity index (χ2v) is 7.67. The summed E-state index contributed by atoms with van der Waals surface area (Å²) in [5, 5.41) is 6.72. The largest absolute Gasteiger partial charge is 0.338 e. The van der Waals surface area contributed by atoms with Crippen LogP contribution in [0.2, 0.25) is 0 Å². The van der Waals surface area contributed by atoms with Crippen molar-refractivity contribution in [1.29, 1.82) is 0 Å². The van der Waals surface area contributed by atoms with Crippen LogP contribution in [-0.4, -0.2) is 46.6 Å². The highest BCUT2D eigenvalue weighted by Gasteiger charge is 2.34. The van der Waals surface area contributed by atoms with Gasteiger partial charge in [-0.1, -0.05) is 35.5 Å². The highest BCUT2D eigenvalue weighted by atomic mass is 19.1. The molecule has 5 rings (SSSR count). The first-order chi connectivity index (χ1) is 15.1. The van der Waals surface area contributed by atoms with Crippen molar-refractivity contribution in [3.63, 3.8) is 0 Å². The van der Waals surface area contributed by atoms with Crippen molar-refractivity contribution in [3.05, 3.63) is 65.7 Å². The average molecular weight is 421 g/mol. The first kappa shape index (κ1) is 19.2. The number of amides is 3. The number of benzene rings is 2. The van der Waals surface area contributed by atoms with Crippen molar-refractivity contribution < 1.29 is 18.5 Å². The van der Waals surface area contributed by atoms with Crippen molar-refractivity contribution in [2.45, 2.75) is 18.9 Å². The molecule has 0 saturated carbocycles. The molecule has 1 N–H and O–H groups in total. The van der Waals surface area contributed by atoms with Gasteiger partial charge in [-0.2, -0.15) is 4.98 Å². The van der Waals surface area contributed by atoms with Crippen LogP contribution in [0.4, 0.5) is 14.9 Å². The highest BCUT2D eigenvalue weighted by molar-refractivity contribution is 5.94. The maximum Gasteiger partial charge on any atom is 0.321 e. The maximum absolute atomic E-state index is 14.5. The Bertz CT molecular complexity index is 1130. The Kier molecular flexibility index (Phi) is 4.85. The lowest BCUT2D eigenvalue weighted by Gasteiger charge is -2.15. The molecule has 2 saturated heterocycles. The Hall–Kier alpha value is -3.75. The van der Waals surface area contributed by atoms with Gasteiger partial charge in [-0.15, -0.1) is 0 Å². The Morgan fingerprint density at radius 2 is 2.00 bits per heavy atom. The van der Waals surface area contributed by atoms with Crippen molar-refractivity contribution >= 4 is 17.6 Å². The van der Waals surface area contributed by atoms with Gasteiger partial charge in [-0.25, -0.2) is 9.18 Å². The molecule has 1 aromatic heterocycles. The zero-order chi connectivity index (χ0) is 21.4. The molecule has 1 unspecified atom stereocenters. The summed E-state index contributed by atoms with van der Waals surface area (Å²) < 4.78 is 19.8. The number of anilines is 1. The average Bonchev–Trinajstić information content (AvgIpc) is 3.50. The predicted octanol–water partition coefficient (Wildman–Crippen LogP) is 2.92. The van der Waals surface area contributed by atoms with Crippen LogP contribution in [0.1, 0.15) is 23.7 Å². The SMILES string of the molecule is O=C1CC(c2noc(-c3cc(N4CCNC4=O)ccc3F)n2)CN1Cc1ccccc1. The van der Waals surface area contributed by atoms with Gasteiger partial charge < -0.3 is 14.7 Å². The molecule has 0 spiro atoms. The minimum absolute atomic E-state index is 0.0217. The fraction of sp³-hybridized carbons (Fsp3) is 0.273. The number of urea groups is 1. The molecular formula is C22H20FN5O3. The topological polar surface area (TPSA) is 91.6 Å². The van der Waals surface area contributed by atoms with Crippen molar-refractivity contribution in [2.24, 2.45) is 0 Å². The number of carbonyl (C=O) groups excluding carboxylic acids is 2. The number of aromatic nitrogens is 2. The quantitative estimate of drug-likeness (QED) is 0.684. The lowest BCUT2D eigenvalue weighted by molar-refractivity contribution is -0.128. The fourth-order valence-corrected chi connectivity index (χ4v) is 3.97. The zero-order valence-corrected chi connectivity index (χ0v) is 16.6. The van der Waals surface area contributed by atoms with E-state index in [9.17, 15) is 14.0 Å². The van der Waals surface area contributed by atoms with Crippen LogP contribution < -0.4 is 10.2 Å². The summed E-state index contributed by atoms with van der Waals surface area (Å²) in [6.07, 6.45) is 0.280. The van der Waals surface area contributed by atoms with Gasteiger partial charge in [0.25, 0.3) is 5.89 Å². The smallest absolute Gasteiger partial charge is 0.321 e. The van der Waals surface area contributed by atoms with Crippen LogP contribution in [0.15, 0.2) is 53.1 Å². The third-order valence-electron chi connectivity index (χ3n) is 5.59. The summed E-state index contributed by atoms with van der Waals surface area (Å²) in [7, 11) is 0. The summed E-state index contributed by atoms with van der Waals surface area (Å²) in [5.74, 6) is -0.310. The van der Waals surface area contributed by atoms with Crippen LogP contribution in [0, 0.1) is 5.82 Å². The molecule has 2 aliphatic rings. The second kappa shape index (κ2) is 7.82. The van der Waals surface area contributed by atoms with Gasteiger partial charge in [0.1, 0.15) is 5.82 Å². The zero-order valence-electron chi connectivity index (χ0n) is 16.6. The first-order valence-corrected chi connectivity index (χ1v) is 10.1. The number of nitrogens with one attached hydrogen (secondary N) is 1. The number of hydrogen-bond donors (Lipinski definition) is 1. The standard InChI is InChI=1S/C22H20FN5O3/c23-18-7-6-16(28-9-8-24-22(28)30)11-17(18)21-25-20(26-31-21)15-10-19(29)27(13-15)12-14-4-2-1-3-5-14/h1-7,11,15H,8-10,12-13H2,(H,24,30). The molecule has 9 heteroatoms. The highest BCUT2D eigenvalue weighted by Crippen LogP contribution is 2.31. The van der Waals surface area contributed by atoms with E-state index < -0.39 is 5.82 Å². The molecule has 2 aromatic carbocycles. The van der Waals surface area contributed by atoms with Gasteiger partial charge in [0.15, 0.2) is 5.82 Å². The molecule has 2 fully saturated rings. The Balaban J connectivity index is 1.35. The molecule has 3 amide bonds. The van der Waals surface area contributed by atoms with Gasteiger partial charge >= 0.3 is 6.03 Å². The van der Waals surface area contributed by atoms with Gasteiger partial charge in [0, 0.05) is 44.2 Å². The molecule has 158 valence electrons. The molecular weight excluding hydrogens is 401 g/mol. The number of halogens is 1. The number of carbonyl (C=O) groups is 2. The summed E-state index contributed by atoms with van der Waals surface area (Å²) >= 11 is 0. The lowest BCUT2D eigenvalue weighted by Crippen LogP contribution is -2.27. The molecule has 3 heterocycles. The van der Waals surface area contributed by atoms with E-state index in [1.54, 1.807) is 4.90 Å². The Labute approximate surface area is 177 Å². The molecule has 8 nitrogen and oxygen atoms in total. The molecule has 0 aliphatic carbocycles. The second-order valence-electron chi connectivity index (χ2n) is 7.67. The number of rotatable bonds is 5. The number of likely N-dealkylation sites (tertiary alicyclic amines) is 1. The summed E-state index contributed by atoms with van der Waals surface area (Å²) in [6, 6.07) is 13.9. The molecule has 2 aliphatic heterocycles. The Morgan fingerprint density at radius 1 is 1.16 bits per heavy atom. The van der Waals surface area contributed by atoms with Crippen LogP contribution >= 0.6 is 0 Å². The normalized spacial score (nSPS) is 18.7. The van der Waals surface area contributed by atoms with E-state index in [4.69, 9.17) is 4.52 Å². The first-order valence-electron chi connectivity index (χ1n) is 10.1. The van der Waals surface area contributed by atoms with Gasteiger partial charge in [-0.05, 0) is 23.8 Å². The van der Waals surface area contributed by atoms with E-state index in [1.807, 2.05) is 30.3 Å². The number of nitrogens with zero attached hydrogens (tertiary/aromatic N) is 4. The molecule has 3 aromatic rings. The monoisotopic (exact) mass is 421 g/mol. The fourth-order valence-electron chi connectivity index (χ4n) is 3.97.